The molecule has 6 nitrogen and oxygen atoms in total. The van der Waals surface area contributed by atoms with Crippen LogP contribution in [-0.2, 0) is 0 Å². The molecule has 0 saturated carbocycles. The molecule has 0 radical (unpaired) electrons. The zero-order chi connectivity index (χ0) is 12.8. The van der Waals surface area contributed by atoms with Gasteiger partial charge in [-0.05, 0) is 23.8 Å². The van der Waals surface area contributed by atoms with Crippen LogP contribution in [0, 0.1) is 0 Å². The summed E-state index contributed by atoms with van der Waals surface area (Å²) in [5.74, 6) is 2.60. The van der Waals surface area contributed by atoms with E-state index in [4.69, 9.17) is 16.7 Å². The number of aromatic amines is 1. The van der Waals surface area contributed by atoms with Crippen LogP contribution in [0.25, 0.3) is 11.0 Å². The summed E-state index contributed by atoms with van der Waals surface area (Å²) >= 11 is 7.61. The molecule has 0 amide bonds. The molecule has 18 heavy (non-hydrogen) atoms. The van der Waals surface area contributed by atoms with Crippen LogP contribution in [0.2, 0.25) is 5.28 Å². The van der Waals surface area contributed by atoms with Gasteiger partial charge in [0.15, 0.2) is 5.65 Å². The number of anilines is 1. The molecule has 2 aromatic heterocycles. The molecule has 0 aliphatic rings. The molecule has 98 valence electrons. The highest BCUT2D eigenvalue weighted by Crippen LogP contribution is 2.19. The normalized spacial score (nSPS) is 11.0. The predicted octanol–water partition coefficient (Wildman–Crippen LogP) is 1.53. The van der Waals surface area contributed by atoms with E-state index < -0.39 is 0 Å². The summed E-state index contributed by atoms with van der Waals surface area (Å²) in [5, 5.41) is 19.6. The van der Waals surface area contributed by atoms with E-state index in [-0.39, 0.29) is 11.9 Å². The molecule has 0 fully saturated rings. The largest absolute Gasteiger partial charge is 0.396 e. The number of aliphatic hydroxyl groups excluding tert-OH is 1. The third-order valence-corrected chi connectivity index (χ3v) is 3.51. The zero-order valence-corrected chi connectivity index (χ0v) is 11.3. The van der Waals surface area contributed by atoms with Gasteiger partial charge in [-0.1, -0.05) is 0 Å². The van der Waals surface area contributed by atoms with Crippen molar-refractivity contribution in [3.63, 3.8) is 0 Å². The molecule has 3 N–H and O–H groups in total. The van der Waals surface area contributed by atoms with E-state index in [0.717, 1.165) is 29.9 Å². The second kappa shape index (κ2) is 6.77. The molecular formula is C10H14ClN5OS. The lowest BCUT2D eigenvalue weighted by Crippen LogP contribution is -2.07. The van der Waals surface area contributed by atoms with Crippen molar-refractivity contribution in [2.75, 3.05) is 30.0 Å². The number of aromatic nitrogens is 4. The first-order valence-electron chi connectivity index (χ1n) is 5.60. The summed E-state index contributed by atoms with van der Waals surface area (Å²) in [6, 6.07) is 0. The molecular weight excluding hydrogens is 274 g/mol. The minimum absolute atomic E-state index is 0.196. The Bertz CT molecular complexity index is 506. The molecule has 0 unspecified atom stereocenters. The molecule has 2 rings (SSSR count). The van der Waals surface area contributed by atoms with Crippen molar-refractivity contribution < 1.29 is 5.11 Å². The first-order chi connectivity index (χ1) is 8.81. The van der Waals surface area contributed by atoms with Gasteiger partial charge in [0.05, 0.1) is 11.6 Å². The molecule has 0 atom stereocenters. The molecule has 0 spiro atoms. The van der Waals surface area contributed by atoms with Crippen molar-refractivity contribution in [3.05, 3.63) is 11.5 Å². The monoisotopic (exact) mass is 287 g/mol. The van der Waals surface area contributed by atoms with Gasteiger partial charge in [0.25, 0.3) is 0 Å². The molecule has 8 heteroatoms. The third kappa shape index (κ3) is 3.47. The van der Waals surface area contributed by atoms with Gasteiger partial charge in [-0.3, -0.25) is 5.10 Å². The Labute approximate surface area is 114 Å². The van der Waals surface area contributed by atoms with Crippen LogP contribution in [0.5, 0.6) is 0 Å². The lowest BCUT2D eigenvalue weighted by Gasteiger charge is -2.06. The molecule has 0 aliphatic heterocycles. The van der Waals surface area contributed by atoms with E-state index in [9.17, 15) is 0 Å². The first-order valence-corrected chi connectivity index (χ1v) is 7.13. The van der Waals surface area contributed by atoms with Crippen molar-refractivity contribution in [1.29, 1.82) is 0 Å². The van der Waals surface area contributed by atoms with Crippen molar-refractivity contribution in [2.45, 2.75) is 6.42 Å². The van der Waals surface area contributed by atoms with E-state index >= 15 is 0 Å². The maximum atomic E-state index is 8.66. The molecule has 2 heterocycles. The Morgan fingerprint density at radius 1 is 1.39 bits per heavy atom. The van der Waals surface area contributed by atoms with E-state index in [1.165, 1.54) is 0 Å². The van der Waals surface area contributed by atoms with Crippen LogP contribution in [-0.4, -0.2) is 49.9 Å². The van der Waals surface area contributed by atoms with Gasteiger partial charge in [0.2, 0.25) is 5.28 Å². The van der Waals surface area contributed by atoms with Crippen molar-refractivity contribution in [1.82, 2.24) is 20.2 Å². The summed E-state index contributed by atoms with van der Waals surface area (Å²) in [7, 11) is 0. The smallest absolute Gasteiger partial charge is 0.226 e. The fourth-order valence-corrected chi connectivity index (χ4v) is 2.41. The maximum absolute atomic E-state index is 8.66. The Morgan fingerprint density at radius 2 is 2.28 bits per heavy atom. The number of aliphatic hydroxyl groups is 1. The Morgan fingerprint density at radius 3 is 3.11 bits per heavy atom. The van der Waals surface area contributed by atoms with Gasteiger partial charge in [-0.25, -0.2) is 0 Å². The highest BCUT2D eigenvalue weighted by molar-refractivity contribution is 7.99. The average Bonchev–Trinajstić information content (AvgIpc) is 2.81. The summed E-state index contributed by atoms with van der Waals surface area (Å²) in [5.41, 5.74) is 0.630. The second-order valence-corrected chi connectivity index (χ2v) is 5.15. The van der Waals surface area contributed by atoms with E-state index in [1.54, 1.807) is 18.0 Å². The highest BCUT2D eigenvalue weighted by atomic mass is 35.5. The van der Waals surface area contributed by atoms with Crippen molar-refractivity contribution >= 4 is 40.2 Å². The van der Waals surface area contributed by atoms with Crippen LogP contribution in [0.3, 0.4) is 0 Å². The SMILES string of the molecule is OCCCSCCNc1nc(Cl)nc2[nH]ncc12. The van der Waals surface area contributed by atoms with Gasteiger partial charge in [0.1, 0.15) is 5.82 Å². The standard InChI is InChI=1S/C10H14ClN5OS/c11-10-14-8(7-6-13-16-9(7)15-10)12-2-5-18-4-1-3-17/h6,17H,1-5H2,(H2,12,13,14,15,16). The van der Waals surface area contributed by atoms with Crippen LogP contribution in [0.15, 0.2) is 6.20 Å². The number of nitrogens with one attached hydrogen (secondary N) is 2. The van der Waals surface area contributed by atoms with Crippen molar-refractivity contribution in [3.8, 4) is 0 Å². The molecule has 0 aromatic carbocycles. The summed E-state index contributed by atoms with van der Waals surface area (Å²) in [6.07, 6.45) is 2.50. The number of thioether (sulfide) groups is 1. The minimum atomic E-state index is 0.196. The van der Waals surface area contributed by atoms with E-state index in [2.05, 4.69) is 25.5 Å². The average molecular weight is 288 g/mol. The van der Waals surface area contributed by atoms with Crippen LogP contribution in [0.4, 0.5) is 5.82 Å². The Balaban J connectivity index is 1.89. The number of fused-ring (bicyclic) bond motifs is 1. The fraction of sp³-hybridized carbons (Fsp3) is 0.500. The quantitative estimate of drug-likeness (QED) is 0.529. The number of hydrogen-bond acceptors (Lipinski definition) is 6. The van der Waals surface area contributed by atoms with Gasteiger partial charge in [0, 0.05) is 18.9 Å². The Hall–Kier alpha value is -1.05. The Kier molecular flexibility index (Phi) is 5.03. The number of halogens is 1. The van der Waals surface area contributed by atoms with Gasteiger partial charge < -0.3 is 10.4 Å². The lowest BCUT2D eigenvalue weighted by atomic mass is 10.4. The predicted molar refractivity (Wildman–Crippen MR) is 74.2 cm³/mol. The summed E-state index contributed by atoms with van der Waals surface area (Å²) in [4.78, 5) is 8.17. The third-order valence-electron chi connectivity index (χ3n) is 2.27. The van der Waals surface area contributed by atoms with Gasteiger partial charge in [-0.2, -0.15) is 26.8 Å². The molecule has 2 aromatic rings. The number of rotatable bonds is 7. The fourth-order valence-electron chi connectivity index (χ4n) is 1.45. The highest BCUT2D eigenvalue weighted by Gasteiger charge is 2.07. The van der Waals surface area contributed by atoms with Crippen LogP contribution < -0.4 is 5.32 Å². The lowest BCUT2D eigenvalue weighted by molar-refractivity contribution is 0.296. The van der Waals surface area contributed by atoms with Gasteiger partial charge in [-0.15, -0.1) is 0 Å². The summed E-state index contributed by atoms with van der Waals surface area (Å²) < 4.78 is 0. The van der Waals surface area contributed by atoms with E-state index in [0.29, 0.717) is 11.5 Å². The number of H-pyrrole nitrogens is 1. The van der Waals surface area contributed by atoms with Crippen LogP contribution >= 0.6 is 23.4 Å². The van der Waals surface area contributed by atoms with Gasteiger partial charge >= 0.3 is 0 Å². The molecule has 0 aliphatic carbocycles. The van der Waals surface area contributed by atoms with Crippen molar-refractivity contribution in [2.24, 2.45) is 0 Å². The molecule has 0 bridgehead atoms. The summed E-state index contributed by atoms with van der Waals surface area (Å²) in [6.45, 7) is 1.03. The second-order valence-electron chi connectivity index (χ2n) is 3.59. The van der Waals surface area contributed by atoms with Crippen LogP contribution in [0.1, 0.15) is 6.42 Å². The number of hydrogen-bond donors (Lipinski definition) is 3. The first kappa shape index (κ1) is 13.4. The topological polar surface area (TPSA) is 86.7 Å². The maximum Gasteiger partial charge on any atom is 0.226 e. The van der Waals surface area contributed by atoms with E-state index in [1.807, 2.05) is 0 Å². The molecule has 0 saturated heterocycles. The number of nitrogens with zero attached hydrogens (tertiary/aromatic N) is 3. The zero-order valence-electron chi connectivity index (χ0n) is 9.69. The minimum Gasteiger partial charge on any atom is -0.396 e.